The average Bonchev–Trinajstić information content (AvgIpc) is 2.65. The summed E-state index contributed by atoms with van der Waals surface area (Å²) < 4.78 is 23.2. The number of esters is 1. The minimum atomic E-state index is -1.16. The van der Waals surface area contributed by atoms with Gasteiger partial charge >= 0.3 is 5.97 Å². The number of halogens is 1. The molecule has 0 saturated carbocycles. The van der Waals surface area contributed by atoms with E-state index in [1.54, 1.807) is 38.1 Å². The minimum Gasteiger partial charge on any atom is -0.482 e. The summed E-state index contributed by atoms with van der Waals surface area (Å²) in [6, 6.07) is 12.2. The Hall–Kier alpha value is -3.42. The Kier molecular flexibility index (Phi) is 5.30. The van der Waals surface area contributed by atoms with Crippen LogP contribution in [0.25, 0.3) is 0 Å². The predicted molar refractivity (Wildman–Crippen MR) is 99.5 cm³/mol. The quantitative estimate of drug-likeness (QED) is 0.798. The van der Waals surface area contributed by atoms with Crippen molar-refractivity contribution < 1.29 is 28.2 Å². The Morgan fingerprint density at radius 1 is 1.11 bits per heavy atom. The van der Waals surface area contributed by atoms with Gasteiger partial charge in [-0.3, -0.25) is 14.5 Å². The summed E-state index contributed by atoms with van der Waals surface area (Å²) in [4.78, 5) is 38.3. The molecule has 1 heterocycles. The molecule has 0 unspecified atom stereocenters. The van der Waals surface area contributed by atoms with E-state index in [4.69, 9.17) is 9.47 Å². The summed E-state index contributed by atoms with van der Waals surface area (Å²) in [5, 5.41) is 2.75. The van der Waals surface area contributed by atoms with E-state index < -0.39 is 36.4 Å². The second kappa shape index (κ2) is 7.67. The van der Waals surface area contributed by atoms with Crippen molar-refractivity contribution in [1.82, 2.24) is 0 Å². The number of para-hydroxylation sites is 2. The number of hydrogen-bond donors (Lipinski definition) is 1. The molecule has 0 radical (unpaired) electrons. The van der Waals surface area contributed by atoms with E-state index in [0.717, 1.165) is 6.07 Å². The molecular formula is C20H19FN2O5. The largest absolute Gasteiger partial charge is 0.482 e. The predicted octanol–water partition coefficient (Wildman–Crippen LogP) is 2.51. The number of hydrogen-bond acceptors (Lipinski definition) is 5. The Bertz CT molecular complexity index is 928. The zero-order chi connectivity index (χ0) is 20.3. The van der Waals surface area contributed by atoms with Gasteiger partial charge in [0.25, 0.3) is 5.91 Å². The molecule has 0 saturated heterocycles. The summed E-state index contributed by atoms with van der Waals surface area (Å²) in [6.07, 6.45) is 0. The summed E-state index contributed by atoms with van der Waals surface area (Å²) >= 11 is 0. The van der Waals surface area contributed by atoms with Gasteiger partial charge in [-0.2, -0.15) is 0 Å². The van der Waals surface area contributed by atoms with E-state index in [1.807, 2.05) is 0 Å². The summed E-state index contributed by atoms with van der Waals surface area (Å²) in [7, 11) is 0. The number of nitrogens with one attached hydrogen (secondary N) is 1. The van der Waals surface area contributed by atoms with E-state index in [1.165, 1.54) is 23.1 Å². The fraction of sp³-hybridized carbons (Fsp3) is 0.250. The Balaban J connectivity index is 1.63. The lowest BCUT2D eigenvalue weighted by Crippen LogP contribution is -2.59. The summed E-state index contributed by atoms with van der Waals surface area (Å²) in [5.41, 5.74) is -0.138. The molecule has 2 aromatic carbocycles. The number of ether oxygens (including phenoxy) is 2. The van der Waals surface area contributed by atoms with E-state index >= 15 is 0 Å². The van der Waals surface area contributed by atoms with Gasteiger partial charge in [0, 0.05) is 6.07 Å². The normalized spacial score (nSPS) is 14.7. The Morgan fingerprint density at radius 2 is 1.86 bits per heavy atom. The van der Waals surface area contributed by atoms with Crippen molar-refractivity contribution in [3.63, 3.8) is 0 Å². The van der Waals surface area contributed by atoms with Gasteiger partial charge in [0.15, 0.2) is 13.2 Å². The van der Waals surface area contributed by atoms with Gasteiger partial charge in [-0.05, 0) is 38.1 Å². The summed E-state index contributed by atoms with van der Waals surface area (Å²) in [5.74, 6) is -2.01. The molecule has 0 aromatic heterocycles. The molecule has 28 heavy (non-hydrogen) atoms. The van der Waals surface area contributed by atoms with Gasteiger partial charge in [0.05, 0.1) is 11.4 Å². The first-order valence-corrected chi connectivity index (χ1v) is 8.56. The molecule has 0 spiro atoms. The highest BCUT2D eigenvalue weighted by atomic mass is 19.1. The first-order valence-electron chi connectivity index (χ1n) is 8.56. The number of fused-ring (bicyclic) bond motifs is 1. The van der Waals surface area contributed by atoms with Gasteiger partial charge < -0.3 is 14.8 Å². The molecule has 0 atom stereocenters. The molecule has 2 amide bonds. The second-order valence-electron chi connectivity index (χ2n) is 6.67. The highest BCUT2D eigenvalue weighted by Gasteiger charge is 2.43. The second-order valence-corrected chi connectivity index (χ2v) is 6.67. The molecular weight excluding hydrogens is 367 g/mol. The highest BCUT2D eigenvalue weighted by molar-refractivity contribution is 6.14. The molecule has 8 heteroatoms. The number of anilines is 2. The molecule has 146 valence electrons. The van der Waals surface area contributed by atoms with E-state index in [0.29, 0.717) is 11.4 Å². The molecule has 0 fully saturated rings. The maximum Gasteiger partial charge on any atom is 0.344 e. The molecule has 0 bridgehead atoms. The van der Waals surface area contributed by atoms with Crippen molar-refractivity contribution in [1.29, 1.82) is 0 Å². The molecule has 2 aromatic rings. The van der Waals surface area contributed by atoms with Gasteiger partial charge in [0.2, 0.25) is 5.91 Å². The van der Waals surface area contributed by atoms with E-state index in [9.17, 15) is 18.8 Å². The smallest absolute Gasteiger partial charge is 0.344 e. The van der Waals surface area contributed by atoms with Gasteiger partial charge in [-0.1, -0.05) is 18.2 Å². The van der Waals surface area contributed by atoms with Crippen LogP contribution in [-0.2, 0) is 19.1 Å². The third-order valence-corrected chi connectivity index (χ3v) is 4.27. The topological polar surface area (TPSA) is 84.9 Å². The SMILES string of the molecule is CC1(C)C(=O)Nc2ccccc2N1C(=O)COC(=O)COc1cccc(F)c1. The first kappa shape index (κ1) is 19.3. The fourth-order valence-corrected chi connectivity index (χ4v) is 2.85. The zero-order valence-electron chi connectivity index (χ0n) is 15.4. The van der Waals surface area contributed by atoms with Crippen LogP contribution in [0, 0.1) is 5.82 Å². The van der Waals surface area contributed by atoms with Crippen molar-refractivity contribution in [2.24, 2.45) is 0 Å². The molecule has 7 nitrogen and oxygen atoms in total. The standard InChI is InChI=1S/C20H19FN2O5/c1-20(2)19(26)22-15-8-3-4-9-16(15)23(20)17(24)11-28-18(25)12-27-14-7-5-6-13(21)10-14/h3-10H,11-12H2,1-2H3,(H,22,26). The third-order valence-electron chi connectivity index (χ3n) is 4.27. The number of rotatable bonds is 5. The number of carbonyl (C=O) groups is 3. The van der Waals surface area contributed by atoms with Crippen LogP contribution in [0.15, 0.2) is 48.5 Å². The number of amides is 2. The lowest BCUT2D eigenvalue weighted by molar-refractivity contribution is -0.150. The maximum atomic E-state index is 13.1. The number of benzene rings is 2. The van der Waals surface area contributed by atoms with Crippen molar-refractivity contribution in [3.8, 4) is 5.75 Å². The van der Waals surface area contributed by atoms with Crippen molar-refractivity contribution in [2.45, 2.75) is 19.4 Å². The van der Waals surface area contributed by atoms with Crippen LogP contribution in [0.1, 0.15) is 13.8 Å². The average molecular weight is 386 g/mol. The van der Waals surface area contributed by atoms with E-state index in [2.05, 4.69) is 5.32 Å². The van der Waals surface area contributed by atoms with Crippen LogP contribution in [0.4, 0.5) is 15.8 Å². The Morgan fingerprint density at radius 3 is 2.61 bits per heavy atom. The lowest BCUT2D eigenvalue weighted by Gasteiger charge is -2.41. The van der Waals surface area contributed by atoms with Crippen LogP contribution in [-0.4, -0.2) is 36.5 Å². The Labute approximate surface area is 161 Å². The highest BCUT2D eigenvalue weighted by Crippen LogP contribution is 2.36. The third kappa shape index (κ3) is 3.95. The fourth-order valence-electron chi connectivity index (χ4n) is 2.85. The van der Waals surface area contributed by atoms with E-state index in [-0.39, 0.29) is 11.7 Å². The van der Waals surface area contributed by atoms with Crippen LogP contribution >= 0.6 is 0 Å². The van der Waals surface area contributed by atoms with Gasteiger partial charge in [-0.25, -0.2) is 9.18 Å². The van der Waals surface area contributed by atoms with Gasteiger partial charge in [0.1, 0.15) is 17.1 Å². The number of carbonyl (C=O) groups excluding carboxylic acids is 3. The first-order chi connectivity index (χ1) is 13.3. The monoisotopic (exact) mass is 386 g/mol. The van der Waals surface area contributed by atoms with Gasteiger partial charge in [-0.15, -0.1) is 0 Å². The molecule has 1 aliphatic heterocycles. The molecule has 0 aliphatic carbocycles. The molecule has 3 rings (SSSR count). The zero-order valence-corrected chi connectivity index (χ0v) is 15.4. The number of nitrogens with zero attached hydrogens (tertiary/aromatic N) is 1. The molecule has 1 aliphatic rings. The summed E-state index contributed by atoms with van der Waals surface area (Å²) in [6.45, 7) is 2.17. The van der Waals surface area contributed by atoms with Crippen molar-refractivity contribution in [2.75, 3.05) is 23.4 Å². The maximum absolute atomic E-state index is 13.1. The lowest BCUT2D eigenvalue weighted by atomic mass is 9.96. The minimum absolute atomic E-state index is 0.172. The van der Waals surface area contributed by atoms with Crippen LogP contribution < -0.4 is 15.0 Å². The molecule has 1 N–H and O–H groups in total. The van der Waals surface area contributed by atoms with Crippen molar-refractivity contribution in [3.05, 3.63) is 54.3 Å². The van der Waals surface area contributed by atoms with Crippen LogP contribution in [0.2, 0.25) is 0 Å². The van der Waals surface area contributed by atoms with Crippen LogP contribution in [0.5, 0.6) is 5.75 Å². The van der Waals surface area contributed by atoms with Crippen molar-refractivity contribution >= 4 is 29.2 Å². The van der Waals surface area contributed by atoms with Crippen LogP contribution in [0.3, 0.4) is 0 Å².